The first-order valence-corrected chi connectivity index (χ1v) is 7.22. The van der Waals surface area contributed by atoms with Gasteiger partial charge in [0.05, 0.1) is 25.6 Å². The first-order chi connectivity index (χ1) is 11.2. The van der Waals surface area contributed by atoms with Gasteiger partial charge in [-0.1, -0.05) is 30.3 Å². The highest BCUT2D eigenvalue weighted by molar-refractivity contribution is 5.69. The van der Waals surface area contributed by atoms with Crippen LogP contribution in [0.15, 0.2) is 48.5 Å². The summed E-state index contributed by atoms with van der Waals surface area (Å²) in [5, 5.41) is 10.4. The van der Waals surface area contributed by atoms with E-state index in [0.717, 1.165) is 21.6 Å². The number of hydrogen-bond acceptors (Lipinski definition) is 4. The van der Waals surface area contributed by atoms with Gasteiger partial charge in [0.2, 0.25) is 0 Å². The van der Waals surface area contributed by atoms with Crippen LogP contribution in [0.4, 0.5) is 0 Å². The highest BCUT2D eigenvalue weighted by Gasteiger charge is 2.17. The Morgan fingerprint density at radius 1 is 0.913 bits per heavy atom. The zero-order valence-corrected chi connectivity index (χ0v) is 13.3. The normalized spacial score (nSPS) is 10.6. The van der Waals surface area contributed by atoms with E-state index in [9.17, 15) is 5.21 Å². The van der Waals surface area contributed by atoms with Crippen LogP contribution >= 0.6 is 0 Å². The van der Waals surface area contributed by atoms with Crippen LogP contribution in [0.2, 0.25) is 0 Å². The van der Waals surface area contributed by atoms with Crippen LogP contribution in [0.5, 0.6) is 11.5 Å². The Hall–Kier alpha value is -2.95. The summed E-state index contributed by atoms with van der Waals surface area (Å²) < 4.78 is 11.7. The van der Waals surface area contributed by atoms with Crippen molar-refractivity contribution in [1.82, 2.24) is 9.71 Å². The average Bonchev–Trinajstić information content (AvgIpc) is 2.90. The molecule has 3 aromatic rings. The van der Waals surface area contributed by atoms with Gasteiger partial charge in [0.25, 0.3) is 0 Å². The van der Waals surface area contributed by atoms with E-state index in [-0.39, 0.29) is 0 Å². The van der Waals surface area contributed by atoms with E-state index >= 15 is 0 Å². The maximum absolute atomic E-state index is 10.4. The standard InChI is InChI=1S/C18H18N2O3/c1-12-17(13-7-5-4-6-8-13)19-18(20(12)21)14-9-10-15(22-2)16(11-14)23-3/h4-11,21H,1-3H3. The molecule has 0 aliphatic carbocycles. The van der Waals surface area contributed by atoms with Crippen molar-refractivity contribution in [2.75, 3.05) is 14.2 Å². The van der Waals surface area contributed by atoms with Gasteiger partial charge in [0, 0.05) is 11.1 Å². The zero-order valence-electron chi connectivity index (χ0n) is 13.3. The van der Waals surface area contributed by atoms with Gasteiger partial charge in [-0.05, 0) is 25.1 Å². The minimum absolute atomic E-state index is 0.460. The van der Waals surface area contributed by atoms with Gasteiger partial charge in [0.15, 0.2) is 17.3 Å². The molecule has 0 saturated heterocycles. The first kappa shape index (κ1) is 15.0. The van der Waals surface area contributed by atoms with Gasteiger partial charge < -0.3 is 14.7 Å². The van der Waals surface area contributed by atoms with E-state index in [4.69, 9.17) is 9.47 Å². The Morgan fingerprint density at radius 3 is 2.26 bits per heavy atom. The Morgan fingerprint density at radius 2 is 1.61 bits per heavy atom. The van der Waals surface area contributed by atoms with Crippen molar-refractivity contribution in [2.24, 2.45) is 0 Å². The lowest BCUT2D eigenvalue weighted by Crippen LogP contribution is -1.97. The molecule has 2 aromatic carbocycles. The Kier molecular flexibility index (Phi) is 3.93. The Labute approximate surface area is 134 Å². The summed E-state index contributed by atoms with van der Waals surface area (Å²) in [6.45, 7) is 1.83. The van der Waals surface area contributed by atoms with Gasteiger partial charge in [0.1, 0.15) is 0 Å². The van der Waals surface area contributed by atoms with Crippen LogP contribution < -0.4 is 9.47 Å². The number of ether oxygens (including phenoxy) is 2. The van der Waals surface area contributed by atoms with Crippen molar-refractivity contribution in [3.8, 4) is 34.1 Å². The van der Waals surface area contributed by atoms with Gasteiger partial charge in [-0.2, -0.15) is 4.73 Å². The molecule has 0 aliphatic heterocycles. The molecule has 5 heteroatoms. The average molecular weight is 310 g/mol. The van der Waals surface area contributed by atoms with Gasteiger partial charge in [-0.15, -0.1) is 0 Å². The molecule has 0 atom stereocenters. The second kappa shape index (κ2) is 6.04. The Balaban J connectivity index is 2.11. The summed E-state index contributed by atoms with van der Waals surface area (Å²) in [5.74, 6) is 1.68. The molecule has 0 radical (unpaired) electrons. The van der Waals surface area contributed by atoms with E-state index in [1.54, 1.807) is 26.4 Å². The van der Waals surface area contributed by atoms with E-state index < -0.39 is 0 Å². The van der Waals surface area contributed by atoms with Crippen molar-refractivity contribution < 1.29 is 14.7 Å². The number of rotatable bonds is 4. The predicted molar refractivity (Wildman–Crippen MR) is 88.1 cm³/mol. The molecule has 5 nitrogen and oxygen atoms in total. The summed E-state index contributed by atoms with van der Waals surface area (Å²) in [6.07, 6.45) is 0. The molecular weight excluding hydrogens is 292 g/mol. The quantitative estimate of drug-likeness (QED) is 0.745. The highest BCUT2D eigenvalue weighted by atomic mass is 16.5. The SMILES string of the molecule is COc1ccc(-c2nc(-c3ccccc3)c(C)n2O)cc1OC. The summed E-state index contributed by atoms with van der Waals surface area (Å²) in [7, 11) is 3.16. The fraction of sp³-hybridized carbons (Fsp3) is 0.167. The number of hydrogen-bond donors (Lipinski definition) is 1. The second-order valence-electron chi connectivity index (χ2n) is 5.12. The highest BCUT2D eigenvalue weighted by Crippen LogP contribution is 2.33. The number of aromatic nitrogens is 2. The molecule has 1 aromatic heterocycles. The maximum Gasteiger partial charge on any atom is 0.176 e. The van der Waals surface area contributed by atoms with Crippen LogP contribution in [0.25, 0.3) is 22.6 Å². The second-order valence-corrected chi connectivity index (χ2v) is 5.12. The molecule has 23 heavy (non-hydrogen) atoms. The lowest BCUT2D eigenvalue weighted by Gasteiger charge is -2.09. The van der Waals surface area contributed by atoms with E-state index in [1.165, 1.54) is 0 Å². The monoisotopic (exact) mass is 310 g/mol. The van der Waals surface area contributed by atoms with Crippen molar-refractivity contribution in [3.05, 3.63) is 54.2 Å². The van der Waals surface area contributed by atoms with Crippen molar-refractivity contribution >= 4 is 0 Å². The molecule has 0 saturated carbocycles. The largest absolute Gasteiger partial charge is 0.493 e. The van der Waals surface area contributed by atoms with E-state index in [0.29, 0.717) is 23.0 Å². The Bertz CT molecular complexity index is 826. The fourth-order valence-electron chi connectivity index (χ4n) is 2.52. The van der Waals surface area contributed by atoms with Crippen LogP contribution in [0.3, 0.4) is 0 Å². The van der Waals surface area contributed by atoms with Crippen molar-refractivity contribution in [1.29, 1.82) is 0 Å². The molecule has 0 aliphatic rings. The van der Waals surface area contributed by atoms with Crippen LogP contribution in [-0.2, 0) is 0 Å². The van der Waals surface area contributed by atoms with Crippen LogP contribution in [0.1, 0.15) is 5.69 Å². The summed E-state index contributed by atoms with van der Waals surface area (Å²) in [5.41, 5.74) is 3.13. The molecule has 1 N–H and O–H groups in total. The predicted octanol–water partition coefficient (Wildman–Crippen LogP) is 3.78. The minimum Gasteiger partial charge on any atom is -0.493 e. The molecular formula is C18H18N2O3. The summed E-state index contributed by atoms with van der Waals surface area (Å²) in [6, 6.07) is 15.2. The van der Waals surface area contributed by atoms with E-state index in [2.05, 4.69) is 4.98 Å². The molecule has 118 valence electrons. The summed E-state index contributed by atoms with van der Waals surface area (Å²) >= 11 is 0. The molecule has 1 heterocycles. The fourth-order valence-corrected chi connectivity index (χ4v) is 2.52. The molecule has 0 fully saturated rings. The molecule has 0 spiro atoms. The molecule has 0 bridgehead atoms. The van der Waals surface area contributed by atoms with Crippen molar-refractivity contribution in [3.63, 3.8) is 0 Å². The number of benzene rings is 2. The van der Waals surface area contributed by atoms with E-state index in [1.807, 2.05) is 43.3 Å². The van der Waals surface area contributed by atoms with Gasteiger partial charge in [-0.25, -0.2) is 4.98 Å². The third kappa shape index (κ3) is 2.61. The maximum atomic E-state index is 10.4. The molecule has 0 unspecified atom stereocenters. The zero-order chi connectivity index (χ0) is 16.4. The molecule has 0 amide bonds. The topological polar surface area (TPSA) is 56.5 Å². The number of nitrogens with zero attached hydrogens (tertiary/aromatic N) is 2. The minimum atomic E-state index is 0.460. The van der Waals surface area contributed by atoms with Crippen molar-refractivity contribution in [2.45, 2.75) is 6.92 Å². The summed E-state index contributed by atoms with van der Waals surface area (Å²) in [4.78, 5) is 4.60. The third-order valence-electron chi connectivity index (χ3n) is 3.77. The van der Waals surface area contributed by atoms with Gasteiger partial charge in [-0.3, -0.25) is 0 Å². The number of imidazole rings is 1. The lowest BCUT2D eigenvalue weighted by molar-refractivity contribution is 0.185. The van der Waals surface area contributed by atoms with Crippen LogP contribution in [-0.4, -0.2) is 29.1 Å². The molecule has 3 rings (SSSR count). The third-order valence-corrected chi connectivity index (χ3v) is 3.77. The van der Waals surface area contributed by atoms with Gasteiger partial charge >= 0.3 is 0 Å². The lowest BCUT2D eigenvalue weighted by atomic mass is 10.1. The number of methoxy groups -OCH3 is 2. The smallest absolute Gasteiger partial charge is 0.176 e. The van der Waals surface area contributed by atoms with Crippen LogP contribution in [0, 0.1) is 6.92 Å². The first-order valence-electron chi connectivity index (χ1n) is 7.22.